The van der Waals surface area contributed by atoms with Gasteiger partial charge < -0.3 is 15.5 Å². The number of benzene rings is 1. The van der Waals surface area contributed by atoms with Gasteiger partial charge in [0.15, 0.2) is 5.96 Å². The number of nitrogens with one attached hydrogen (secondary N) is 2. The average molecular weight is 513 g/mol. The average Bonchev–Trinajstić information content (AvgIpc) is 3.18. The fourth-order valence-corrected chi connectivity index (χ4v) is 4.13. The Kier molecular flexibility index (Phi) is 10.2. The summed E-state index contributed by atoms with van der Waals surface area (Å²) in [4.78, 5) is 12.1. The van der Waals surface area contributed by atoms with Crippen LogP contribution in [0.5, 0.6) is 0 Å². The molecule has 1 aliphatic heterocycles. The number of likely N-dealkylation sites (tertiary alicyclic amines) is 1. The standard InChI is InChI=1S/C21H31N5S.HI/c1-3-12-26-13-10-18(11-14-26)24-21(22-4-2)23-15-20-25-19(16-27-20)17-8-6-5-7-9-17;/h5-9,16,18H,3-4,10-15H2,1-2H3,(H2,22,23,24);1H. The van der Waals surface area contributed by atoms with Gasteiger partial charge in [0.25, 0.3) is 0 Å². The molecule has 1 saturated heterocycles. The van der Waals surface area contributed by atoms with Crippen LogP contribution in [0.3, 0.4) is 0 Å². The zero-order chi connectivity index (χ0) is 18.9. The molecule has 3 rings (SSSR count). The lowest BCUT2D eigenvalue weighted by Crippen LogP contribution is -2.48. The highest BCUT2D eigenvalue weighted by Crippen LogP contribution is 2.21. The molecule has 0 saturated carbocycles. The number of piperidine rings is 1. The first-order valence-corrected chi connectivity index (χ1v) is 10.9. The van der Waals surface area contributed by atoms with Crippen LogP contribution in [0.1, 0.15) is 38.1 Å². The number of aliphatic imine (C=N–C) groups is 1. The Bertz CT molecular complexity index is 711. The van der Waals surface area contributed by atoms with Crippen molar-refractivity contribution in [3.05, 3.63) is 40.7 Å². The highest BCUT2D eigenvalue weighted by atomic mass is 127. The normalized spacial score (nSPS) is 15.9. The molecule has 1 fully saturated rings. The van der Waals surface area contributed by atoms with Gasteiger partial charge in [-0.15, -0.1) is 35.3 Å². The van der Waals surface area contributed by atoms with E-state index in [4.69, 9.17) is 9.98 Å². The molecular formula is C21H32IN5S. The van der Waals surface area contributed by atoms with E-state index in [0.717, 1.165) is 28.8 Å². The molecule has 1 aromatic carbocycles. The van der Waals surface area contributed by atoms with Crippen LogP contribution in [0.25, 0.3) is 11.3 Å². The summed E-state index contributed by atoms with van der Waals surface area (Å²) in [6, 6.07) is 10.8. The molecule has 1 aliphatic rings. The summed E-state index contributed by atoms with van der Waals surface area (Å²) < 4.78 is 0. The Morgan fingerprint density at radius 1 is 1.21 bits per heavy atom. The van der Waals surface area contributed by atoms with Gasteiger partial charge in [0.2, 0.25) is 0 Å². The molecule has 1 aromatic heterocycles. The summed E-state index contributed by atoms with van der Waals surface area (Å²) >= 11 is 1.68. The van der Waals surface area contributed by atoms with E-state index < -0.39 is 0 Å². The summed E-state index contributed by atoms with van der Waals surface area (Å²) in [6.45, 7) is 9.42. The second-order valence-electron chi connectivity index (χ2n) is 6.95. The smallest absolute Gasteiger partial charge is 0.191 e. The zero-order valence-corrected chi connectivity index (χ0v) is 20.0. The van der Waals surface area contributed by atoms with Crippen molar-refractivity contribution in [1.82, 2.24) is 20.5 Å². The SMILES string of the molecule is CCCN1CCC(NC(=NCc2nc(-c3ccccc3)cs2)NCC)CC1.I. The molecule has 2 heterocycles. The van der Waals surface area contributed by atoms with E-state index >= 15 is 0 Å². The number of halogens is 1. The van der Waals surface area contributed by atoms with Gasteiger partial charge in [0, 0.05) is 36.6 Å². The maximum absolute atomic E-state index is 4.77. The summed E-state index contributed by atoms with van der Waals surface area (Å²) in [5.74, 6) is 0.905. The Morgan fingerprint density at radius 2 is 1.96 bits per heavy atom. The van der Waals surface area contributed by atoms with Crippen molar-refractivity contribution in [3.8, 4) is 11.3 Å². The van der Waals surface area contributed by atoms with Crippen LogP contribution < -0.4 is 10.6 Å². The van der Waals surface area contributed by atoms with Crippen LogP contribution in [-0.4, -0.2) is 48.1 Å². The lowest BCUT2D eigenvalue weighted by atomic mass is 10.1. The maximum atomic E-state index is 4.77. The van der Waals surface area contributed by atoms with Crippen LogP contribution in [0, 0.1) is 0 Å². The van der Waals surface area contributed by atoms with E-state index in [1.54, 1.807) is 11.3 Å². The third-order valence-corrected chi connectivity index (χ3v) is 5.64. The van der Waals surface area contributed by atoms with Crippen molar-refractivity contribution >= 4 is 41.3 Å². The van der Waals surface area contributed by atoms with Crippen LogP contribution in [-0.2, 0) is 6.54 Å². The number of nitrogens with zero attached hydrogens (tertiary/aromatic N) is 3. The van der Waals surface area contributed by atoms with Crippen molar-refractivity contribution < 1.29 is 0 Å². The third kappa shape index (κ3) is 7.00. The number of rotatable bonds is 7. The molecular weight excluding hydrogens is 481 g/mol. The molecule has 2 N–H and O–H groups in total. The molecule has 7 heteroatoms. The lowest BCUT2D eigenvalue weighted by molar-refractivity contribution is 0.206. The highest BCUT2D eigenvalue weighted by molar-refractivity contribution is 14.0. The van der Waals surface area contributed by atoms with Gasteiger partial charge in [-0.25, -0.2) is 9.98 Å². The molecule has 0 atom stereocenters. The number of guanidine groups is 1. The molecule has 0 bridgehead atoms. The first kappa shape index (κ1) is 23.1. The summed E-state index contributed by atoms with van der Waals surface area (Å²) in [5.41, 5.74) is 2.19. The Hall–Kier alpha value is -1.19. The summed E-state index contributed by atoms with van der Waals surface area (Å²) in [6.07, 6.45) is 3.60. The van der Waals surface area contributed by atoms with Crippen molar-refractivity contribution in [2.75, 3.05) is 26.2 Å². The lowest BCUT2D eigenvalue weighted by Gasteiger charge is -2.32. The second-order valence-corrected chi connectivity index (χ2v) is 7.89. The molecule has 0 aliphatic carbocycles. The molecule has 2 aromatic rings. The molecule has 5 nitrogen and oxygen atoms in total. The molecule has 0 unspecified atom stereocenters. The molecule has 28 heavy (non-hydrogen) atoms. The minimum absolute atomic E-state index is 0. The van der Waals surface area contributed by atoms with Crippen LogP contribution in [0.4, 0.5) is 0 Å². The minimum Gasteiger partial charge on any atom is -0.357 e. The monoisotopic (exact) mass is 513 g/mol. The van der Waals surface area contributed by atoms with Gasteiger partial charge in [-0.1, -0.05) is 37.3 Å². The van der Waals surface area contributed by atoms with E-state index in [1.807, 2.05) is 18.2 Å². The van der Waals surface area contributed by atoms with Gasteiger partial charge in [-0.2, -0.15) is 0 Å². The maximum Gasteiger partial charge on any atom is 0.191 e. The largest absolute Gasteiger partial charge is 0.357 e. The highest BCUT2D eigenvalue weighted by Gasteiger charge is 2.19. The quantitative estimate of drug-likeness (QED) is 0.328. The van der Waals surface area contributed by atoms with Gasteiger partial charge >= 0.3 is 0 Å². The Morgan fingerprint density at radius 3 is 2.64 bits per heavy atom. The molecule has 0 amide bonds. The number of hydrogen-bond donors (Lipinski definition) is 2. The predicted molar refractivity (Wildman–Crippen MR) is 131 cm³/mol. The fraction of sp³-hybridized carbons (Fsp3) is 0.524. The van der Waals surface area contributed by atoms with E-state index in [0.29, 0.717) is 12.6 Å². The van der Waals surface area contributed by atoms with Crippen molar-refractivity contribution in [3.63, 3.8) is 0 Å². The van der Waals surface area contributed by atoms with E-state index in [1.165, 1.54) is 38.9 Å². The molecule has 0 spiro atoms. The van der Waals surface area contributed by atoms with E-state index in [9.17, 15) is 0 Å². The van der Waals surface area contributed by atoms with Crippen molar-refractivity contribution in [1.29, 1.82) is 0 Å². The molecule has 154 valence electrons. The summed E-state index contributed by atoms with van der Waals surface area (Å²) in [5, 5.41) is 10.2. The van der Waals surface area contributed by atoms with Gasteiger partial charge in [0.1, 0.15) is 5.01 Å². The van der Waals surface area contributed by atoms with Crippen molar-refractivity contribution in [2.45, 2.75) is 45.7 Å². The minimum atomic E-state index is 0. The zero-order valence-electron chi connectivity index (χ0n) is 16.9. The van der Waals surface area contributed by atoms with Crippen LogP contribution >= 0.6 is 35.3 Å². The first-order chi connectivity index (χ1) is 13.3. The number of thiazole rings is 1. The second kappa shape index (κ2) is 12.4. The van der Waals surface area contributed by atoms with Gasteiger partial charge in [-0.05, 0) is 32.7 Å². The van der Waals surface area contributed by atoms with Crippen molar-refractivity contribution in [2.24, 2.45) is 4.99 Å². The fourth-order valence-electron chi connectivity index (χ4n) is 3.40. The third-order valence-electron chi connectivity index (χ3n) is 4.81. The predicted octanol–water partition coefficient (Wildman–Crippen LogP) is 4.36. The van der Waals surface area contributed by atoms with Crippen LogP contribution in [0.15, 0.2) is 40.7 Å². The van der Waals surface area contributed by atoms with Gasteiger partial charge in [-0.3, -0.25) is 0 Å². The topological polar surface area (TPSA) is 52.5 Å². The summed E-state index contributed by atoms with van der Waals surface area (Å²) in [7, 11) is 0. The first-order valence-electron chi connectivity index (χ1n) is 10.1. The Labute approximate surface area is 190 Å². The number of aromatic nitrogens is 1. The molecule has 0 radical (unpaired) electrons. The van der Waals surface area contributed by atoms with Crippen LogP contribution in [0.2, 0.25) is 0 Å². The Balaban J connectivity index is 0.00000280. The van der Waals surface area contributed by atoms with Gasteiger partial charge in [0.05, 0.1) is 12.2 Å². The number of hydrogen-bond acceptors (Lipinski definition) is 4. The van der Waals surface area contributed by atoms with E-state index in [-0.39, 0.29) is 24.0 Å². The van der Waals surface area contributed by atoms with E-state index in [2.05, 4.69) is 46.9 Å².